The van der Waals surface area contributed by atoms with Crippen molar-refractivity contribution in [2.45, 2.75) is 71.1 Å². The van der Waals surface area contributed by atoms with E-state index in [0.29, 0.717) is 0 Å². The Kier molecular flexibility index (Phi) is 16.2. The minimum atomic E-state index is -0.701. The minimum Gasteiger partial charge on any atom is -0.481 e. The summed E-state index contributed by atoms with van der Waals surface area (Å²) >= 11 is 0. The Bertz CT molecular complexity index is 362. The van der Waals surface area contributed by atoms with E-state index < -0.39 is 5.97 Å². The van der Waals surface area contributed by atoms with E-state index in [4.69, 9.17) is 5.11 Å². The van der Waals surface area contributed by atoms with Gasteiger partial charge in [-0.25, -0.2) is 0 Å². The van der Waals surface area contributed by atoms with Crippen molar-refractivity contribution in [3.8, 4) is 0 Å². The molecule has 0 saturated carbocycles. The number of carbonyl (C=O) groups is 1. The van der Waals surface area contributed by atoms with Crippen LogP contribution in [0.3, 0.4) is 0 Å². The van der Waals surface area contributed by atoms with Crippen molar-refractivity contribution in [2.24, 2.45) is 0 Å². The van der Waals surface area contributed by atoms with Gasteiger partial charge in [0.1, 0.15) is 0 Å². The minimum absolute atomic E-state index is 0.276. The molecule has 1 N–H and O–H groups in total. The van der Waals surface area contributed by atoms with Gasteiger partial charge in [-0.2, -0.15) is 0 Å². The van der Waals surface area contributed by atoms with Crippen LogP contribution in [0.25, 0.3) is 0 Å². The van der Waals surface area contributed by atoms with E-state index in [1.165, 1.54) is 12.8 Å². The number of carboxylic acid groups (broad SMARTS) is 1. The van der Waals surface area contributed by atoms with Crippen molar-refractivity contribution in [1.82, 2.24) is 0 Å². The number of carboxylic acids is 1. The molecule has 0 saturated heterocycles. The lowest BCUT2D eigenvalue weighted by Gasteiger charge is -1.94. The molecule has 0 unspecified atom stereocenters. The van der Waals surface area contributed by atoms with Gasteiger partial charge in [0.15, 0.2) is 0 Å². The van der Waals surface area contributed by atoms with Crippen molar-refractivity contribution in [2.75, 3.05) is 0 Å². The maximum atomic E-state index is 10.3. The molecular formula is C20H32O2. The molecule has 0 amide bonds. The molecule has 0 aromatic heterocycles. The molecule has 2 heteroatoms. The number of hydrogen-bond acceptors (Lipinski definition) is 1. The summed E-state index contributed by atoms with van der Waals surface area (Å²) in [5, 5.41) is 8.50. The van der Waals surface area contributed by atoms with E-state index in [-0.39, 0.29) is 6.42 Å². The zero-order valence-electron chi connectivity index (χ0n) is 14.0. The van der Waals surface area contributed by atoms with Crippen molar-refractivity contribution < 1.29 is 9.90 Å². The molecule has 0 heterocycles. The van der Waals surface area contributed by atoms with Crippen LogP contribution in [0.5, 0.6) is 0 Å². The van der Waals surface area contributed by atoms with Gasteiger partial charge in [0, 0.05) is 6.42 Å². The fraction of sp³-hybridized carbons (Fsp3) is 0.550. The summed E-state index contributed by atoms with van der Waals surface area (Å²) in [6.07, 6.45) is 27.4. The summed E-state index contributed by atoms with van der Waals surface area (Å²) < 4.78 is 0. The van der Waals surface area contributed by atoms with Gasteiger partial charge in [0.25, 0.3) is 0 Å². The topological polar surface area (TPSA) is 37.3 Å². The van der Waals surface area contributed by atoms with E-state index in [0.717, 1.165) is 44.9 Å². The zero-order valence-corrected chi connectivity index (χ0v) is 14.0. The second-order valence-corrected chi connectivity index (χ2v) is 5.34. The van der Waals surface area contributed by atoms with Gasteiger partial charge >= 0.3 is 5.97 Å². The highest BCUT2D eigenvalue weighted by Crippen LogP contribution is 2.04. The lowest BCUT2D eigenvalue weighted by atomic mass is 10.1. The average molecular weight is 304 g/mol. The molecule has 0 aliphatic carbocycles. The fourth-order valence-corrected chi connectivity index (χ4v) is 1.96. The predicted octanol–water partition coefficient (Wildman–Crippen LogP) is 6.22. The van der Waals surface area contributed by atoms with Gasteiger partial charge in [-0.1, -0.05) is 55.5 Å². The molecule has 0 aliphatic heterocycles. The number of hydrogen-bond donors (Lipinski definition) is 1. The van der Waals surface area contributed by atoms with Gasteiger partial charge in [-0.3, -0.25) is 4.79 Å². The van der Waals surface area contributed by atoms with E-state index in [1.54, 1.807) is 0 Å². The molecule has 2 nitrogen and oxygen atoms in total. The SMILES string of the molecule is CC/C=C\C/C=C\C/C=C\CCCC/C=C\CCCC(=O)O. The number of allylic oxidation sites excluding steroid dienone is 8. The molecule has 0 aromatic rings. The molecule has 0 radical (unpaired) electrons. The van der Waals surface area contributed by atoms with Gasteiger partial charge in [0.2, 0.25) is 0 Å². The summed E-state index contributed by atoms with van der Waals surface area (Å²) in [4.78, 5) is 10.3. The molecule has 0 aliphatic rings. The Balaban J connectivity index is 3.31. The van der Waals surface area contributed by atoms with Crippen LogP contribution < -0.4 is 0 Å². The lowest BCUT2D eigenvalue weighted by Crippen LogP contribution is -1.92. The van der Waals surface area contributed by atoms with Gasteiger partial charge in [-0.05, 0) is 57.8 Å². The third-order valence-corrected chi connectivity index (χ3v) is 3.20. The third-order valence-electron chi connectivity index (χ3n) is 3.20. The van der Waals surface area contributed by atoms with Crippen LogP contribution in [-0.4, -0.2) is 11.1 Å². The van der Waals surface area contributed by atoms with Crippen LogP contribution in [0.15, 0.2) is 48.6 Å². The first-order chi connectivity index (χ1) is 10.8. The average Bonchev–Trinajstić information content (AvgIpc) is 2.50. The summed E-state index contributed by atoms with van der Waals surface area (Å²) in [5.74, 6) is -0.701. The van der Waals surface area contributed by atoms with Crippen LogP contribution >= 0.6 is 0 Å². The monoisotopic (exact) mass is 304 g/mol. The third kappa shape index (κ3) is 18.4. The Hall–Kier alpha value is -1.57. The first kappa shape index (κ1) is 20.4. The zero-order chi connectivity index (χ0) is 16.3. The Labute approximate surface area is 136 Å². The van der Waals surface area contributed by atoms with Crippen molar-refractivity contribution in [3.63, 3.8) is 0 Å². The van der Waals surface area contributed by atoms with E-state index in [9.17, 15) is 4.79 Å². The molecular weight excluding hydrogens is 272 g/mol. The normalized spacial score (nSPS) is 12.4. The first-order valence-electron chi connectivity index (χ1n) is 8.59. The van der Waals surface area contributed by atoms with Crippen molar-refractivity contribution >= 4 is 5.97 Å². The molecule has 124 valence electrons. The van der Waals surface area contributed by atoms with Crippen molar-refractivity contribution in [1.29, 1.82) is 0 Å². The predicted molar refractivity (Wildman–Crippen MR) is 96.0 cm³/mol. The Morgan fingerprint density at radius 3 is 1.73 bits per heavy atom. The van der Waals surface area contributed by atoms with Gasteiger partial charge in [-0.15, -0.1) is 0 Å². The molecule has 0 fully saturated rings. The van der Waals surface area contributed by atoms with E-state index >= 15 is 0 Å². The standard InChI is InChI=1S/C20H32O2/c1-2-3-4-5-6-7-8-9-10-11-12-13-14-15-16-17-18-19-20(21)22/h3-4,6-7,9-10,15-16H,2,5,8,11-14,17-19H2,1H3,(H,21,22)/b4-3-,7-6-,10-9-,16-15-. The quantitative estimate of drug-likeness (QED) is 0.305. The van der Waals surface area contributed by atoms with Crippen LogP contribution in [0.1, 0.15) is 71.1 Å². The first-order valence-corrected chi connectivity index (χ1v) is 8.59. The maximum Gasteiger partial charge on any atom is 0.303 e. The highest BCUT2D eigenvalue weighted by molar-refractivity contribution is 5.66. The largest absolute Gasteiger partial charge is 0.481 e. The second-order valence-electron chi connectivity index (χ2n) is 5.34. The number of aliphatic carboxylic acids is 1. The van der Waals surface area contributed by atoms with Crippen LogP contribution in [-0.2, 0) is 4.79 Å². The maximum absolute atomic E-state index is 10.3. The molecule has 0 bridgehead atoms. The summed E-state index contributed by atoms with van der Waals surface area (Å²) in [7, 11) is 0. The molecule has 0 rings (SSSR count). The Morgan fingerprint density at radius 1 is 0.727 bits per heavy atom. The highest BCUT2D eigenvalue weighted by atomic mass is 16.4. The van der Waals surface area contributed by atoms with Crippen LogP contribution in [0.4, 0.5) is 0 Å². The number of unbranched alkanes of at least 4 members (excludes halogenated alkanes) is 4. The van der Waals surface area contributed by atoms with E-state index in [1.807, 2.05) is 0 Å². The van der Waals surface area contributed by atoms with Crippen LogP contribution in [0, 0.1) is 0 Å². The van der Waals surface area contributed by atoms with Crippen molar-refractivity contribution in [3.05, 3.63) is 48.6 Å². The molecule has 22 heavy (non-hydrogen) atoms. The number of rotatable bonds is 14. The molecule has 0 spiro atoms. The van der Waals surface area contributed by atoms with Gasteiger partial charge < -0.3 is 5.11 Å². The summed E-state index contributed by atoms with van der Waals surface area (Å²) in [6.45, 7) is 2.15. The summed E-state index contributed by atoms with van der Waals surface area (Å²) in [5.41, 5.74) is 0. The van der Waals surface area contributed by atoms with E-state index in [2.05, 4.69) is 55.5 Å². The van der Waals surface area contributed by atoms with Crippen LogP contribution in [0.2, 0.25) is 0 Å². The lowest BCUT2D eigenvalue weighted by molar-refractivity contribution is -0.137. The highest BCUT2D eigenvalue weighted by Gasteiger charge is 1.93. The summed E-state index contributed by atoms with van der Waals surface area (Å²) in [6, 6.07) is 0. The second kappa shape index (κ2) is 17.5. The fourth-order valence-electron chi connectivity index (χ4n) is 1.96. The van der Waals surface area contributed by atoms with Gasteiger partial charge in [0.05, 0.1) is 0 Å². The smallest absolute Gasteiger partial charge is 0.303 e. The molecule has 0 aromatic carbocycles. The molecule has 0 atom stereocenters. The Morgan fingerprint density at radius 2 is 1.18 bits per heavy atom.